The molecule has 2 aliphatic rings. The third-order valence-corrected chi connectivity index (χ3v) is 5.26. The number of carbonyl (C=O) groups is 2. The maximum atomic E-state index is 12.3. The zero-order valence-electron chi connectivity index (χ0n) is 13.2. The van der Waals surface area contributed by atoms with Gasteiger partial charge in [-0.1, -0.05) is 12.5 Å². The van der Waals surface area contributed by atoms with Crippen LogP contribution < -0.4 is 5.32 Å². The highest BCUT2D eigenvalue weighted by molar-refractivity contribution is 5.95. The highest BCUT2D eigenvalue weighted by Gasteiger charge is 2.40. The van der Waals surface area contributed by atoms with E-state index in [1.165, 1.54) is 32.8 Å². The Labute approximate surface area is 131 Å². The summed E-state index contributed by atoms with van der Waals surface area (Å²) in [6.07, 6.45) is 5.76. The molecule has 0 heterocycles. The highest BCUT2D eigenvalue weighted by Crippen LogP contribution is 2.49. The van der Waals surface area contributed by atoms with Crippen LogP contribution >= 0.6 is 0 Å². The quantitative estimate of drug-likeness (QED) is 0.865. The fourth-order valence-electron chi connectivity index (χ4n) is 4.07. The van der Waals surface area contributed by atoms with Crippen LogP contribution in [0.25, 0.3) is 0 Å². The molecule has 3 rings (SSSR count). The van der Waals surface area contributed by atoms with Crippen LogP contribution in [0.4, 0.5) is 5.69 Å². The molecule has 0 spiro atoms. The van der Waals surface area contributed by atoms with Crippen molar-refractivity contribution in [2.75, 3.05) is 12.4 Å². The van der Waals surface area contributed by atoms with Crippen LogP contribution in [-0.4, -0.2) is 19.0 Å². The van der Waals surface area contributed by atoms with Crippen LogP contribution in [0, 0.1) is 24.7 Å². The van der Waals surface area contributed by atoms with Gasteiger partial charge in [0.2, 0.25) is 5.91 Å². The van der Waals surface area contributed by atoms with Gasteiger partial charge in [-0.15, -0.1) is 0 Å². The van der Waals surface area contributed by atoms with Crippen LogP contribution in [0.3, 0.4) is 0 Å². The Morgan fingerprint density at radius 3 is 2.73 bits per heavy atom. The lowest BCUT2D eigenvalue weighted by Gasteiger charge is -2.21. The maximum absolute atomic E-state index is 12.3. The molecule has 3 atom stereocenters. The fraction of sp³-hybridized carbons (Fsp3) is 0.556. The van der Waals surface area contributed by atoms with Crippen molar-refractivity contribution >= 4 is 17.6 Å². The first kappa shape index (κ1) is 15.1. The average molecular weight is 301 g/mol. The summed E-state index contributed by atoms with van der Waals surface area (Å²) in [5, 5.41) is 2.97. The molecular formula is C18H23NO3. The molecule has 0 saturated heterocycles. The number of anilines is 1. The lowest BCUT2D eigenvalue weighted by atomic mass is 9.86. The number of carbonyl (C=O) groups excluding carboxylic acids is 2. The van der Waals surface area contributed by atoms with Crippen molar-refractivity contribution in [3.63, 3.8) is 0 Å². The summed E-state index contributed by atoms with van der Waals surface area (Å²) >= 11 is 0. The number of hydrogen-bond acceptors (Lipinski definition) is 3. The van der Waals surface area contributed by atoms with Crippen molar-refractivity contribution in [3.8, 4) is 0 Å². The first-order valence-electron chi connectivity index (χ1n) is 8.05. The molecule has 0 radical (unpaired) electrons. The highest BCUT2D eigenvalue weighted by atomic mass is 16.5. The van der Waals surface area contributed by atoms with Gasteiger partial charge in [0.25, 0.3) is 0 Å². The van der Waals surface area contributed by atoms with E-state index in [1.807, 2.05) is 13.0 Å². The van der Waals surface area contributed by atoms with Gasteiger partial charge in [-0.3, -0.25) is 4.79 Å². The molecule has 1 aromatic carbocycles. The van der Waals surface area contributed by atoms with E-state index in [0.29, 0.717) is 23.6 Å². The topological polar surface area (TPSA) is 55.4 Å². The second-order valence-corrected chi connectivity index (χ2v) is 6.71. The van der Waals surface area contributed by atoms with E-state index >= 15 is 0 Å². The van der Waals surface area contributed by atoms with Crippen LogP contribution in [0.5, 0.6) is 0 Å². The van der Waals surface area contributed by atoms with Gasteiger partial charge >= 0.3 is 5.97 Å². The van der Waals surface area contributed by atoms with Crippen molar-refractivity contribution in [2.24, 2.45) is 17.8 Å². The Kier molecular flexibility index (Phi) is 4.19. The van der Waals surface area contributed by atoms with E-state index in [1.54, 1.807) is 12.1 Å². The number of rotatable bonds is 4. The molecule has 2 saturated carbocycles. The first-order chi connectivity index (χ1) is 10.6. The lowest BCUT2D eigenvalue weighted by molar-refractivity contribution is -0.117. The largest absolute Gasteiger partial charge is 0.465 e. The van der Waals surface area contributed by atoms with Crippen molar-refractivity contribution < 1.29 is 14.3 Å². The zero-order valence-corrected chi connectivity index (χ0v) is 13.2. The standard InChI is InChI=1S/C18H23NO3/c1-11-3-5-14(18(21)22-2)9-16(11)19-17(20)10-15-8-12-4-6-13(15)7-12/h3,5,9,12-13,15H,4,6-8,10H2,1-2H3,(H,19,20)/t12-,13+,15+/m0/s1. The average Bonchev–Trinajstić information content (AvgIpc) is 3.11. The Balaban J connectivity index is 1.64. The van der Waals surface area contributed by atoms with E-state index in [-0.39, 0.29) is 11.9 Å². The number of fused-ring (bicyclic) bond motifs is 2. The molecular weight excluding hydrogens is 278 g/mol. The third-order valence-electron chi connectivity index (χ3n) is 5.26. The molecule has 0 aliphatic heterocycles. The van der Waals surface area contributed by atoms with E-state index in [2.05, 4.69) is 5.32 Å². The smallest absolute Gasteiger partial charge is 0.337 e. The summed E-state index contributed by atoms with van der Waals surface area (Å²) in [7, 11) is 1.36. The summed E-state index contributed by atoms with van der Waals surface area (Å²) in [5.74, 6) is 1.82. The van der Waals surface area contributed by atoms with E-state index in [4.69, 9.17) is 4.74 Å². The number of nitrogens with one attached hydrogen (secondary N) is 1. The maximum Gasteiger partial charge on any atom is 0.337 e. The molecule has 4 heteroatoms. The van der Waals surface area contributed by atoms with E-state index in [0.717, 1.165) is 17.4 Å². The van der Waals surface area contributed by atoms with Gasteiger partial charge in [-0.2, -0.15) is 0 Å². The molecule has 2 bridgehead atoms. The summed E-state index contributed by atoms with van der Waals surface area (Å²) in [6, 6.07) is 5.24. The third kappa shape index (κ3) is 3.01. The lowest BCUT2D eigenvalue weighted by Crippen LogP contribution is -2.20. The van der Waals surface area contributed by atoms with Crippen molar-refractivity contribution in [2.45, 2.75) is 39.0 Å². The van der Waals surface area contributed by atoms with E-state index < -0.39 is 0 Å². The van der Waals surface area contributed by atoms with Gasteiger partial charge < -0.3 is 10.1 Å². The Hall–Kier alpha value is -1.84. The molecule has 1 aromatic rings. The fourth-order valence-corrected chi connectivity index (χ4v) is 4.07. The van der Waals surface area contributed by atoms with Gasteiger partial charge in [0.15, 0.2) is 0 Å². The number of hydrogen-bond donors (Lipinski definition) is 1. The first-order valence-corrected chi connectivity index (χ1v) is 8.05. The van der Waals surface area contributed by atoms with Gasteiger partial charge in [0.05, 0.1) is 12.7 Å². The van der Waals surface area contributed by atoms with Gasteiger partial charge in [0, 0.05) is 12.1 Å². The minimum Gasteiger partial charge on any atom is -0.465 e. The van der Waals surface area contributed by atoms with Crippen LogP contribution in [0.15, 0.2) is 18.2 Å². The predicted molar refractivity (Wildman–Crippen MR) is 84.7 cm³/mol. The SMILES string of the molecule is COC(=O)c1ccc(C)c(NC(=O)C[C@H]2C[C@H]3CC[C@@H]2C3)c1. The van der Waals surface area contributed by atoms with Gasteiger partial charge in [-0.05, 0) is 61.6 Å². The second kappa shape index (κ2) is 6.11. The van der Waals surface area contributed by atoms with Crippen LogP contribution in [0.1, 0.15) is 48.0 Å². The van der Waals surface area contributed by atoms with E-state index in [9.17, 15) is 9.59 Å². The monoisotopic (exact) mass is 301 g/mol. The number of amides is 1. The molecule has 1 N–H and O–H groups in total. The summed E-state index contributed by atoms with van der Waals surface area (Å²) in [6.45, 7) is 1.92. The number of methoxy groups -OCH3 is 1. The second-order valence-electron chi connectivity index (χ2n) is 6.71. The van der Waals surface area contributed by atoms with Gasteiger partial charge in [-0.25, -0.2) is 4.79 Å². The van der Waals surface area contributed by atoms with Crippen molar-refractivity contribution in [3.05, 3.63) is 29.3 Å². The molecule has 1 amide bonds. The predicted octanol–water partition coefficient (Wildman–Crippen LogP) is 3.55. The zero-order chi connectivity index (χ0) is 15.7. The molecule has 2 fully saturated rings. The Bertz CT molecular complexity index is 596. The molecule has 118 valence electrons. The molecule has 2 aliphatic carbocycles. The number of aryl methyl sites for hydroxylation is 1. The summed E-state index contributed by atoms with van der Waals surface area (Å²) in [5.41, 5.74) is 2.12. The molecule has 0 aromatic heterocycles. The minimum absolute atomic E-state index is 0.0580. The molecule has 4 nitrogen and oxygen atoms in total. The molecule has 22 heavy (non-hydrogen) atoms. The number of benzene rings is 1. The normalized spacial score (nSPS) is 26.0. The van der Waals surface area contributed by atoms with Crippen molar-refractivity contribution in [1.29, 1.82) is 0 Å². The van der Waals surface area contributed by atoms with Crippen molar-refractivity contribution in [1.82, 2.24) is 0 Å². The summed E-state index contributed by atoms with van der Waals surface area (Å²) < 4.78 is 4.73. The summed E-state index contributed by atoms with van der Waals surface area (Å²) in [4.78, 5) is 23.9. The number of esters is 1. The number of ether oxygens (including phenoxy) is 1. The van der Waals surface area contributed by atoms with Crippen LogP contribution in [0.2, 0.25) is 0 Å². The Morgan fingerprint density at radius 1 is 1.27 bits per heavy atom. The Morgan fingerprint density at radius 2 is 2.09 bits per heavy atom. The molecule has 0 unspecified atom stereocenters. The minimum atomic E-state index is -0.386. The van der Waals surface area contributed by atoms with Crippen LogP contribution in [-0.2, 0) is 9.53 Å². The van der Waals surface area contributed by atoms with Gasteiger partial charge in [0.1, 0.15) is 0 Å².